The van der Waals surface area contributed by atoms with Crippen LogP contribution in [0.15, 0.2) is 83.8 Å². The summed E-state index contributed by atoms with van der Waals surface area (Å²) in [5, 5.41) is 0. The van der Waals surface area contributed by atoms with Crippen molar-refractivity contribution in [2.75, 3.05) is 19.8 Å². The molecule has 0 bridgehead atoms. The molecule has 1 fully saturated rings. The van der Waals surface area contributed by atoms with Gasteiger partial charge in [-0.1, -0.05) is 60.2 Å². The molecule has 34 heavy (non-hydrogen) atoms. The number of fused-ring (bicyclic) bond motifs is 1. The van der Waals surface area contributed by atoms with Crippen molar-refractivity contribution in [1.29, 1.82) is 0 Å². The Morgan fingerprint density at radius 1 is 0.853 bits per heavy atom. The monoisotopic (exact) mass is 476 g/mol. The summed E-state index contributed by atoms with van der Waals surface area (Å²) in [7, 11) is -3.97. The first kappa shape index (κ1) is 22.5. The van der Waals surface area contributed by atoms with E-state index in [1.54, 1.807) is 48.5 Å². The highest BCUT2D eigenvalue weighted by molar-refractivity contribution is 7.89. The van der Waals surface area contributed by atoms with E-state index in [1.807, 2.05) is 37.3 Å². The van der Waals surface area contributed by atoms with Crippen LogP contribution in [-0.2, 0) is 21.3 Å². The Labute approximate surface area is 198 Å². The number of rotatable bonds is 7. The molecule has 5 rings (SSSR count). The summed E-state index contributed by atoms with van der Waals surface area (Å²) in [6.45, 7) is 2.05. The number of ether oxygens (including phenoxy) is 1. The van der Waals surface area contributed by atoms with E-state index in [9.17, 15) is 18.0 Å². The Bertz CT molecular complexity index is 1310. The molecule has 3 aromatic rings. The predicted molar refractivity (Wildman–Crippen MR) is 126 cm³/mol. The molecule has 7 nitrogen and oxygen atoms in total. The second-order valence-corrected chi connectivity index (χ2v) is 10.6. The zero-order valence-electron chi connectivity index (χ0n) is 18.7. The molecule has 0 N–H and O–H groups in total. The maximum Gasteiger partial charge on any atom is 0.261 e. The second kappa shape index (κ2) is 8.47. The number of carbonyl (C=O) groups is 2. The van der Waals surface area contributed by atoms with Gasteiger partial charge in [0.15, 0.2) is 0 Å². The van der Waals surface area contributed by atoms with Crippen molar-refractivity contribution < 1.29 is 22.7 Å². The SMILES string of the molecule is Cc1ccc(S(=O)(=O)N(Cc2ccccc2)C2(CN3C(=O)c4ccccc4C3=O)COC2)cc1. The van der Waals surface area contributed by atoms with Gasteiger partial charge in [-0.05, 0) is 36.8 Å². The summed E-state index contributed by atoms with van der Waals surface area (Å²) in [6.07, 6.45) is 0. The molecule has 0 aromatic heterocycles. The summed E-state index contributed by atoms with van der Waals surface area (Å²) in [6, 6.07) is 22.6. The van der Waals surface area contributed by atoms with Gasteiger partial charge in [0.25, 0.3) is 11.8 Å². The molecule has 0 aliphatic carbocycles. The zero-order chi connectivity index (χ0) is 23.9. The van der Waals surface area contributed by atoms with E-state index in [0.29, 0.717) is 11.1 Å². The van der Waals surface area contributed by atoms with Gasteiger partial charge in [-0.15, -0.1) is 0 Å². The number of aryl methyl sites for hydroxylation is 1. The fourth-order valence-corrected chi connectivity index (χ4v) is 6.15. The molecular formula is C26H24N2O5S. The van der Waals surface area contributed by atoms with Gasteiger partial charge in [0.2, 0.25) is 10.0 Å². The second-order valence-electron chi connectivity index (χ2n) is 8.77. The van der Waals surface area contributed by atoms with Gasteiger partial charge in [0, 0.05) is 6.54 Å². The topological polar surface area (TPSA) is 84.0 Å². The number of amides is 2. The van der Waals surface area contributed by atoms with Gasteiger partial charge in [-0.25, -0.2) is 8.42 Å². The Morgan fingerprint density at radius 2 is 1.41 bits per heavy atom. The first-order valence-electron chi connectivity index (χ1n) is 11.0. The Kier molecular flexibility index (Phi) is 5.59. The lowest BCUT2D eigenvalue weighted by Crippen LogP contribution is -2.68. The predicted octanol–water partition coefficient (Wildman–Crippen LogP) is 3.25. The van der Waals surface area contributed by atoms with E-state index in [-0.39, 0.29) is 31.2 Å². The van der Waals surface area contributed by atoms with E-state index in [0.717, 1.165) is 16.0 Å². The van der Waals surface area contributed by atoms with Crippen LogP contribution in [0.25, 0.3) is 0 Å². The maximum absolute atomic E-state index is 13.9. The molecule has 0 saturated carbocycles. The summed E-state index contributed by atoms with van der Waals surface area (Å²) in [5.74, 6) is -0.835. The van der Waals surface area contributed by atoms with Crippen molar-refractivity contribution in [3.8, 4) is 0 Å². The lowest BCUT2D eigenvalue weighted by Gasteiger charge is -2.49. The fraction of sp³-hybridized carbons (Fsp3) is 0.231. The van der Waals surface area contributed by atoms with E-state index in [2.05, 4.69) is 0 Å². The standard InChI is InChI=1S/C26H24N2O5S/c1-19-11-13-21(14-12-19)34(31,32)28(15-20-7-3-2-4-8-20)26(17-33-18-26)16-27-24(29)22-9-5-6-10-23(22)25(27)30/h2-14H,15-18H2,1H3. The lowest BCUT2D eigenvalue weighted by atomic mass is 9.95. The normalized spacial score (nSPS) is 17.1. The summed E-state index contributed by atoms with van der Waals surface area (Å²) < 4.78 is 34.8. The average molecular weight is 477 g/mol. The van der Waals surface area contributed by atoms with Crippen LogP contribution in [0.2, 0.25) is 0 Å². The Hall–Kier alpha value is -3.33. The van der Waals surface area contributed by atoms with E-state index in [4.69, 9.17) is 4.74 Å². The summed E-state index contributed by atoms with van der Waals surface area (Å²) >= 11 is 0. The Morgan fingerprint density at radius 3 is 1.94 bits per heavy atom. The highest BCUT2D eigenvalue weighted by Gasteiger charge is 2.53. The van der Waals surface area contributed by atoms with Crippen LogP contribution >= 0.6 is 0 Å². The van der Waals surface area contributed by atoms with E-state index < -0.39 is 27.4 Å². The van der Waals surface area contributed by atoms with Gasteiger partial charge >= 0.3 is 0 Å². The van der Waals surface area contributed by atoms with Gasteiger partial charge < -0.3 is 4.74 Å². The minimum Gasteiger partial charge on any atom is -0.377 e. The smallest absolute Gasteiger partial charge is 0.261 e. The van der Waals surface area contributed by atoms with Crippen molar-refractivity contribution in [2.45, 2.75) is 23.9 Å². The van der Waals surface area contributed by atoms with Gasteiger partial charge in [0.1, 0.15) is 5.54 Å². The maximum atomic E-state index is 13.9. The number of imide groups is 1. The van der Waals surface area contributed by atoms with Crippen molar-refractivity contribution in [1.82, 2.24) is 9.21 Å². The van der Waals surface area contributed by atoms with Crippen molar-refractivity contribution >= 4 is 21.8 Å². The molecular weight excluding hydrogens is 452 g/mol. The molecule has 2 amide bonds. The summed E-state index contributed by atoms with van der Waals surface area (Å²) in [4.78, 5) is 27.4. The molecule has 0 atom stereocenters. The minimum atomic E-state index is -3.97. The molecule has 2 aliphatic rings. The Balaban J connectivity index is 1.55. The number of nitrogens with zero attached hydrogens (tertiary/aromatic N) is 2. The zero-order valence-corrected chi connectivity index (χ0v) is 19.5. The summed E-state index contributed by atoms with van der Waals surface area (Å²) in [5.41, 5.74) is 1.33. The molecule has 8 heteroatoms. The molecule has 3 aromatic carbocycles. The van der Waals surface area contributed by atoms with Gasteiger partial charge in [-0.3, -0.25) is 14.5 Å². The first-order valence-corrected chi connectivity index (χ1v) is 12.4. The number of benzene rings is 3. The third kappa shape index (κ3) is 3.73. The highest BCUT2D eigenvalue weighted by atomic mass is 32.2. The van der Waals surface area contributed by atoms with Crippen LogP contribution in [0, 0.1) is 6.92 Å². The van der Waals surface area contributed by atoms with Crippen LogP contribution < -0.4 is 0 Å². The van der Waals surface area contributed by atoms with Crippen molar-refractivity contribution in [2.24, 2.45) is 0 Å². The van der Waals surface area contributed by atoms with Crippen molar-refractivity contribution in [3.05, 3.63) is 101 Å². The van der Waals surface area contributed by atoms with E-state index >= 15 is 0 Å². The number of hydrogen-bond acceptors (Lipinski definition) is 5. The number of hydrogen-bond donors (Lipinski definition) is 0. The fourth-order valence-electron chi connectivity index (χ4n) is 4.42. The molecule has 2 aliphatic heterocycles. The molecule has 0 unspecified atom stereocenters. The molecule has 1 saturated heterocycles. The van der Waals surface area contributed by atoms with Gasteiger partial charge in [0.05, 0.1) is 35.8 Å². The van der Waals surface area contributed by atoms with Crippen LogP contribution in [0.4, 0.5) is 0 Å². The third-order valence-electron chi connectivity index (χ3n) is 6.38. The van der Waals surface area contributed by atoms with Crippen LogP contribution in [-0.4, -0.2) is 54.7 Å². The first-order chi connectivity index (χ1) is 16.3. The molecule has 2 heterocycles. The van der Waals surface area contributed by atoms with Crippen LogP contribution in [0.5, 0.6) is 0 Å². The molecule has 174 valence electrons. The van der Waals surface area contributed by atoms with Crippen molar-refractivity contribution in [3.63, 3.8) is 0 Å². The quantitative estimate of drug-likeness (QED) is 0.489. The molecule has 0 spiro atoms. The third-order valence-corrected chi connectivity index (χ3v) is 8.34. The highest BCUT2D eigenvalue weighted by Crippen LogP contribution is 2.36. The van der Waals surface area contributed by atoms with Crippen LogP contribution in [0.1, 0.15) is 31.8 Å². The minimum absolute atomic E-state index is 0.0817. The number of sulfonamides is 1. The average Bonchev–Trinajstić information content (AvgIpc) is 3.06. The molecule has 0 radical (unpaired) electrons. The number of carbonyl (C=O) groups excluding carboxylic acids is 2. The van der Waals surface area contributed by atoms with Gasteiger partial charge in [-0.2, -0.15) is 4.31 Å². The lowest BCUT2D eigenvalue weighted by molar-refractivity contribution is -0.119. The van der Waals surface area contributed by atoms with E-state index in [1.165, 1.54) is 4.31 Å². The van der Waals surface area contributed by atoms with Crippen LogP contribution in [0.3, 0.4) is 0 Å². The largest absolute Gasteiger partial charge is 0.377 e.